The fourth-order valence-electron chi connectivity index (χ4n) is 4.69. The Hall–Kier alpha value is -1.83. The lowest BCUT2D eigenvalue weighted by atomic mass is 9.71. The van der Waals surface area contributed by atoms with Crippen LogP contribution in [-0.4, -0.2) is 62.0 Å². The number of pyridine rings is 1. The number of rotatable bonds is 4. The normalized spacial score (nSPS) is 23.7. The number of hydrogen-bond acceptors (Lipinski definition) is 5. The molecule has 1 N–H and O–H groups in total. The standard InChI is InChI=1S/C20H28FN5O/c1-24-11-16(10-23-24)12-26-13-17(27)9-20(15-26)4-7-25(8-5-20)14-19-18(21)3-2-6-22-19/h2-3,6,10-11,17,27H,4-5,7-9,12-15H2,1H3. The van der Waals surface area contributed by atoms with E-state index in [1.165, 1.54) is 11.6 Å². The third-order valence-electron chi connectivity index (χ3n) is 5.99. The summed E-state index contributed by atoms with van der Waals surface area (Å²) in [5.41, 5.74) is 1.86. The second kappa shape index (κ2) is 7.66. The van der Waals surface area contributed by atoms with Crippen molar-refractivity contribution in [3.05, 3.63) is 47.8 Å². The number of nitrogens with zero attached hydrogens (tertiary/aromatic N) is 5. The SMILES string of the molecule is Cn1cc(CN2CC(O)CC3(CCN(Cc4ncccc4F)CC3)C2)cn1. The average molecular weight is 373 g/mol. The molecule has 2 fully saturated rings. The van der Waals surface area contributed by atoms with Gasteiger partial charge in [0.25, 0.3) is 0 Å². The van der Waals surface area contributed by atoms with Crippen molar-refractivity contribution in [2.24, 2.45) is 12.5 Å². The predicted molar refractivity (Wildman–Crippen MR) is 100 cm³/mol. The van der Waals surface area contributed by atoms with E-state index >= 15 is 0 Å². The molecule has 0 aliphatic carbocycles. The predicted octanol–water partition coefficient (Wildman–Crippen LogP) is 1.80. The Labute approximate surface area is 159 Å². The number of halogens is 1. The number of β-amino-alcohol motifs (C(OH)–C–C–N with tert-alkyl or cyclic N) is 1. The van der Waals surface area contributed by atoms with Crippen LogP contribution < -0.4 is 0 Å². The number of hydrogen-bond donors (Lipinski definition) is 1. The van der Waals surface area contributed by atoms with Crippen LogP contribution in [0.1, 0.15) is 30.5 Å². The summed E-state index contributed by atoms with van der Waals surface area (Å²) in [5.74, 6) is -0.228. The Balaban J connectivity index is 1.36. The third kappa shape index (κ3) is 4.36. The Kier molecular flexibility index (Phi) is 5.25. The Morgan fingerprint density at radius 3 is 2.78 bits per heavy atom. The van der Waals surface area contributed by atoms with Gasteiger partial charge in [0.1, 0.15) is 5.82 Å². The van der Waals surface area contributed by atoms with E-state index in [1.54, 1.807) is 12.3 Å². The molecule has 1 unspecified atom stereocenters. The summed E-state index contributed by atoms with van der Waals surface area (Å²) in [7, 11) is 1.93. The molecule has 0 aromatic carbocycles. The van der Waals surface area contributed by atoms with Crippen molar-refractivity contribution in [2.75, 3.05) is 26.2 Å². The molecule has 2 aromatic rings. The highest BCUT2D eigenvalue weighted by Crippen LogP contribution is 2.40. The monoisotopic (exact) mass is 373 g/mol. The van der Waals surface area contributed by atoms with Gasteiger partial charge in [-0.2, -0.15) is 5.10 Å². The Bertz CT molecular complexity index is 771. The minimum absolute atomic E-state index is 0.152. The quantitative estimate of drug-likeness (QED) is 0.886. The molecule has 7 heteroatoms. The van der Waals surface area contributed by atoms with Crippen molar-refractivity contribution in [1.82, 2.24) is 24.6 Å². The molecule has 0 radical (unpaired) electrons. The van der Waals surface area contributed by atoms with Crippen LogP contribution in [0.5, 0.6) is 0 Å². The zero-order chi connectivity index (χ0) is 18.9. The average Bonchev–Trinajstić information content (AvgIpc) is 3.03. The smallest absolute Gasteiger partial charge is 0.146 e. The van der Waals surface area contributed by atoms with Crippen LogP contribution in [-0.2, 0) is 20.1 Å². The van der Waals surface area contributed by atoms with Gasteiger partial charge in [0, 0.05) is 51.2 Å². The van der Waals surface area contributed by atoms with Gasteiger partial charge in [-0.15, -0.1) is 0 Å². The van der Waals surface area contributed by atoms with Crippen molar-refractivity contribution in [3.63, 3.8) is 0 Å². The molecule has 2 saturated heterocycles. The zero-order valence-corrected chi connectivity index (χ0v) is 15.9. The first-order chi connectivity index (χ1) is 13.0. The summed E-state index contributed by atoms with van der Waals surface area (Å²) in [4.78, 5) is 8.82. The van der Waals surface area contributed by atoms with Gasteiger partial charge in [-0.3, -0.25) is 19.5 Å². The fraction of sp³-hybridized carbons (Fsp3) is 0.600. The van der Waals surface area contributed by atoms with Crippen LogP contribution in [0.4, 0.5) is 4.39 Å². The lowest BCUT2D eigenvalue weighted by molar-refractivity contribution is -0.0449. The third-order valence-corrected chi connectivity index (χ3v) is 5.99. The van der Waals surface area contributed by atoms with Crippen molar-refractivity contribution in [3.8, 4) is 0 Å². The van der Waals surface area contributed by atoms with E-state index < -0.39 is 0 Å². The minimum atomic E-state index is -0.282. The number of aliphatic hydroxyl groups is 1. The van der Waals surface area contributed by atoms with E-state index in [4.69, 9.17) is 0 Å². The van der Waals surface area contributed by atoms with Gasteiger partial charge in [-0.1, -0.05) is 0 Å². The molecule has 1 spiro atoms. The second-order valence-corrected chi connectivity index (χ2v) is 8.26. The molecular formula is C20H28FN5O. The Morgan fingerprint density at radius 1 is 1.26 bits per heavy atom. The van der Waals surface area contributed by atoms with Crippen molar-refractivity contribution >= 4 is 0 Å². The molecule has 0 bridgehead atoms. The highest BCUT2D eigenvalue weighted by atomic mass is 19.1. The molecule has 4 heterocycles. The summed E-state index contributed by atoms with van der Waals surface area (Å²) in [6.45, 7) is 4.96. The topological polar surface area (TPSA) is 57.4 Å². The van der Waals surface area contributed by atoms with E-state index in [0.717, 1.165) is 52.0 Å². The summed E-state index contributed by atoms with van der Waals surface area (Å²) in [6, 6.07) is 3.10. The molecular weight excluding hydrogens is 345 g/mol. The summed E-state index contributed by atoms with van der Waals surface area (Å²) >= 11 is 0. The van der Waals surface area contributed by atoms with E-state index in [-0.39, 0.29) is 17.3 Å². The van der Waals surface area contributed by atoms with Crippen LogP contribution in [0.25, 0.3) is 0 Å². The molecule has 27 heavy (non-hydrogen) atoms. The minimum Gasteiger partial charge on any atom is -0.392 e. The first-order valence-corrected chi connectivity index (χ1v) is 9.71. The summed E-state index contributed by atoms with van der Waals surface area (Å²) in [5, 5.41) is 14.7. The maximum atomic E-state index is 13.9. The lowest BCUT2D eigenvalue weighted by Crippen LogP contribution is -2.53. The molecule has 1 atom stereocenters. The first kappa shape index (κ1) is 18.5. The molecule has 146 valence electrons. The summed E-state index contributed by atoms with van der Waals surface area (Å²) in [6.07, 6.45) is 8.23. The van der Waals surface area contributed by atoms with E-state index in [2.05, 4.69) is 19.9 Å². The van der Waals surface area contributed by atoms with Crippen LogP contribution in [0.3, 0.4) is 0 Å². The molecule has 0 saturated carbocycles. The van der Waals surface area contributed by atoms with Gasteiger partial charge in [-0.25, -0.2) is 4.39 Å². The second-order valence-electron chi connectivity index (χ2n) is 8.26. The molecule has 4 rings (SSSR count). The fourth-order valence-corrected chi connectivity index (χ4v) is 4.69. The number of aryl methyl sites for hydroxylation is 1. The van der Waals surface area contributed by atoms with Gasteiger partial charge < -0.3 is 5.11 Å². The van der Waals surface area contributed by atoms with E-state index in [9.17, 15) is 9.50 Å². The van der Waals surface area contributed by atoms with Crippen LogP contribution in [0.15, 0.2) is 30.7 Å². The largest absolute Gasteiger partial charge is 0.392 e. The van der Waals surface area contributed by atoms with Crippen LogP contribution >= 0.6 is 0 Å². The van der Waals surface area contributed by atoms with Gasteiger partial charge in [0.05, 0.1) is 18.0 Å². The maximum absolute atomic E-state index is 13.9. The van der Waals surface area contributed by atoms with Gasteiger partial charge in [0.15, 0.2) is 0 Å². The number of likely N-dealkylation sites (tertiary alicyclic amines) is 2. The molecule has 2 aliphatic rings. The Morgan fingerprint density at radius 2 is 2.07 bits per heavy atom. The van der Waals surface area contributed by atoms with Crippen LogP contribution in [0, 0.1) is 11.2 Å². The van der Waals surface area contributed by atoms with Crippen molar-refractivity contribution < 1.29 is 9.50 Å². The molecule has 2 aliphatic heterocycles. The molecule has 6 nitrogen and oxygen atoms in total. The van der Waals surface area contributed by atoms with Crippen LogP contribution in [0.2, 0.25) is 0 Å². The highest BCUT2D eigenvalue weighted by molar-refractivity contribution is 5.08. The van der Waals surface area contributed by atoms with Crippen molar-refractivity contribution in [1.29, 1.82) is 0 Å². The highest BCUT2D eigenvalue weighted by Gasteiger charge is 2.41. The van der Waals surface area contributed by atoms with Gasteiger partial charge in [0.2, 0.25) is 0 Å². The maximum Gasteiger partial charge on any atom is 0.146 e. The first-order valence-electron chi connectivity index (χ1n) is 9.71. The van der Waals surface area contributed by atoms with Crippen molar-refractivity contribution in [2.45, 2.75) is 38.5 Å². The van der Waals surface area contributed by atoms with Gasteiger partial charge >= 0.3 is 0 Å². The van der Waals surface area contributed by atoms with Gasteiger partial charge in [-0.05, 0) is 49.9 Å². The zero-order valence-electron chi connectivity index (χ0n) is 15.9. The van der Waals surface area contributed by atoms with E-state index in [0.29, 0.717) is 12.2 Å². The summed E-state index contributed by atoms with van der Waals surface area (Å²) < 4.78 is 15.7. The number of piperidine rings is 2. The molecule has 2 aromatic heterocycles. The number of aliphatic hydroxyl groups excluding tert-OH is 1. The number of aromatic nitrogens is 3. The van der Waals surface area contributed by atoms with E-state index in [1.807, 2.05) is 24.1 Å². The lowest BCUT2D eigenvalue weighted by Gasteiger charge is -2.49. The molecule has 0 amide bonds.